The number of hydrogen-bond donors (Lipinski definition) is 1. The van der Waals surface area contributed by atoms with Gasteiger partial charge in [0.25, 0.3) is 0 Å². The Hall–Kier alpha value is -3.08. The summed E-state index contributed by atoms with van der Waals surface area (Å²) in [4.78, 5) is 12.1. The summed E-state index contributed by atoms with van der Waals surface area (Å²) in [5, 5.41) is 3.48. The zero-order valence-corrected chi connectivity index (χ0v) is 17.1. The third-order valence-electron chi connectivity index (χ3n) is 5.48. The van der Waals surface area contributed by atoms with Gasteiger partial charge in [-0.05, 0) is 36.5 Å². The Kier molecular flexibility index (Phi) is 5.94. The average molecular weight is 389 g/mol. The third kappa shape index (κ3) is 4.86. The molecule has 0 spiro atoms. The van der Waals surface area contributed by atoms with E-state index in [2.05, 4.69) is 47.5 Å². The molecule has 150 valence electrons. The van der Waals surface area contributed by atoms with Gasteiger partial charge in [-0.2, -0.15) is 0 Å². The van der Waals surface area contributed by atoms with E-state index in [0.29, 0.717) is 6.54 Å². The van der Waals surface area contributed by atoms with Crippen molar-refractivity contribution in [1.82, 2.24) is 9.97 Å². The van der Waals surface area contributed by atoms with Gasteiger partial charge in [0.15, 0.2) is 5.82 Å². The molecule has 1 fully saturated rings. The van der Waals surface area contributed by atoms with E-state index in [0.717, 1.165) is 47.8 Å². The highest BCUT2D eigenvalue weighted by molar-refractivity contribution is 5.62. The van der Waals surface area contributed by atoms with Gasteiger partial charge in [0.2, 0.25) is 0 Å². The van der Waals surface area contributed by atoms with Crippen molar-refractivity contribution in [3.05, 3.63) is 66.2 Å². The molecule has 0 unspecified atom stereocenters. The van der Waals surface area contributed by atoms with Crippen LogP contribution in [0.4, 0.5) is 11.6 Å². The molecule has 0 aliphatic carbocycles. The van der Waals surface area contributed by atoms with Crippen molar-refractivity contribution in [2.75, 3.05) is 30.4 Å². The predicted octanol–water partition coefficient (Wildman–Crippen LogP) is 5.00. The van der Waals surface area contributed by atoms with Gasteiger partial charge < -0.3 is 15.0 Å². The summed E-state index contributed by atoms with van der Waals surface area (Å²) in [5.41, 5.74) is 2.21. The Bertz CT molecular complexity index is 919. The summed E-state index contributed by atoms with van der Waals surface area (Å²) in [6, 6.07) is 20.4. The van der Waals surface area contributed by atoms with Crippen molar-refractivity contribution in [3.8, 4) is 17.1 Å². The first kappa shape index (κ1) is 19.2. The Morgan fingerprint density at radius 2 is 1.72 bits per heavy atom. The highest BCUT2D eigenvalue weighted by atomic mass is 16.5. The summed E-state index contributed by atoms with van der Waals surface area (Å²) < 4.78 is 5.24. The lowest BCUT2D eigenvalue weighted by atomic mass is 9.99. The molecule has 1 N–H and O–H groups in total. The van der Waals surface area contributed by atoms with Crippen molar-refractivity contribution in [1.29, 1.82) is 0 Å². The van der Waals surface area contributed by atoms with Crippen LogP contribution in [-0.2, 0) is 6.54 Å². The fourth-order valence-electron chi connectivity index (χ4n) is 3.58. The maximum Gasteiger partial charge on any atom is 0.163 e. The molecule has 1 aromatic heterocycles. The van der Waals surface area contributed by atoms with Gasteiger partial charge in [-0.3, -0.25) is 0 Å². The first-order chi connectivity index (χ1) is 14.2. The Morgan fingerprint density at radius 1 is 1.00 bits per heavy atom. The fourth-order valence-corrected chi connectivity index (χ4v) is 3.58. The number of aromatic nitrogens is 2. The minimum atomic E-state index is 0.700. The van der Waals surface area contributed by atoms with E-state index in [9.17, 15) is 0 Å². The lowest BCUT2D eigenvalue weighted by Gasteiger charge is -2.31. The molecule has 0 saturated carbocycles. The molecule has 5 nitrogen and oxygen atoms in total. The quantitative estimate of drug-likeness (QED) is 0.644. The highest BCUT2D eigenvalue weighted by Gasteiger charge is 2.19. The Morgan fingerprint density at radius 3 is 2.41 bits per heavy atom. The minimum absolute atomic E-state index is 0.700. The molecular formula is C24H28N4O. The topological polar surface area (TPSA) is 50.3 Å². The van der Waals surface area contributed by atoms with Crippen molar-refractivity contribution < 1.29 is 4.74 Å². The van der Waals surface area contributed by atoms with Crippen LogP contribution in [-0.4, -0.2) is 30.2 Å². The molecule has 0 atom stereocenters. The van der Waals surface area contributed by atoms with Crippen LogP contribution in [0.25, 0.3) is 11.4 Å². The van der Waals surface area contributed by atoms with Gasteiger partial charge in [0.1, 0.15) is 17.4 Å². The molecule has 0 amide bonds. The molecule has 1 aliphatic heterocycles. The number of piperidine rings is 1. The summed E-state index contributed by atoms with van der Waals surface area (Å²) in [6.07, 6.45) is 2.42. The van der Waals surface area contributed by atoms with E-state index < -0.39 is 0 Å². The number of hydrogen-bond acceptors (Lipinski definition) is 5. The van der Waals surface area contributed by atoms with Crippen molar-refractivity contribution in [2.45, 2.75) is 26.3 Å². The van der Waals surface area contributed by atoms with Crippen LogP contribution in [0.15, 0.2) is 60.7 Å². The lowest BCUT2D eigenvalue weighted by Crippen LogP contribution is -2.33. The zero-order valence-electron chi connectivity index (χ0n) is 17.1. The maximum absolute atomic E-state index is 5.24. The van der Waals surface area contributed by atoms with Gasteiger partial charge >= 0.3 is 0 Å². The molecule has 0 bridgehead atoms. The van der Waals surface area contributed by atoms with Crippen LogP contribution in [0.5, 0.6) is 5.75 Å². The normalized spacial score (nSPS) is 14.6. The molecule has 0 radical (unpaired) electrons. The second-order valence-electron chi connectivity index (χ2n) is 7.67. The second-order valence-corrected chi connectivity index (χ2v) is 7.67. The number of anilines is 2. The Balaban J connectivity index is 1.58. The minimum Gasteiger partial charge on any atom is -0.497 e. The van der Waals surface area contributed by atoms with Gasteiger partial charge in [-0.25, -0.2) is 9.97 Å². The molecule has 4 rings (SSSR count). The van der Waals surface area contributed by atoms with Gasteiger partial charge in [0.05, 0.1) is 7.11 Å². The molecule has 2 heterocycles. The molecule has 29 heavy (non-hydrogen) atoms. The number of rotatable bonds is 6. The Labute approximate surface area is 172 Å². The van der Waals surface area contributed by atoms with Crippen molar-refractivity contribution >= 4 is 11.6 Å². The lowest BCUT2D eigenvalue weighted by molar-refractivity contribution is 0.414. The molecule has 2 aromatic carbocycles. The summed E-state index contributed by atoms with van der Waals surface area (Å²) in [7, 11) is 1.68. The van der Waals surface area contributed by atoms with E-state index in [1.807, 2.05) is 30.3 Å². The van der Waals surface area contributed by atoms with E-state index in [1.165, 1.54) is 18.4 Å². The monoisotopic (exact) mass is 388 g/mol. The van der Waals surface area contributed by atoms with Crippen molar-refractivity contribution in [3.63, 3.8) is 0 Å². The van der Waals surface area contributed by atoms with Gasteiger partial charge in [0, 0.05) is 31.3 Å². The van der Waals surface area contributed by atoms with Crippen LogP contribution in [0.2, 0.25) is 0 Å². The first-order valence-electron chi connectivity index (χ1n) is 10.3. The highest BCUT2D eigenvalue weighted by Crippen LogP contribution is 2.26. The largest absolute Gasteiger partial charge is 0.497 e. The fraction of sp³-hybridized carbons (Fsp3) is 0.333. The van der Waals surface area contributed by atoms with Crippen LogP contribution in [0.1, 0.15) is 25.3 Å². The SMILES string of the molecule is COc1ccc(CNc2cc(N3CCC(C)CC3)nc(-c3ccccc3)n2)cc1. The van der Waals surface area contributed by atoms with Crippen LogP contribution in [0, 0.1) is 5.92 Å². The number of nitrogens with one attached hydrogen (secondary N) is 1. The second kappa shape index (κ2) is 8.95. The molecule has 1 aliphatic rings. The van der Waals surface area contributed by atoms with Gasteiger partial charge in [-0.1, -0.05) is 49.4 Å². The summed E-state index contributed by atoms with van der Waals surface area (Å²) in [5.74, 6) is 4.27. The summed E-state index contributed by atoms with van der Waals surface area (Å²) in [6.45, 7) is 5.12. The standard InChI is InChI=1S/C24H28N4O/c1-18-12-14-28(15-13-18)23-16-22(25-17-19-8-10-21(29-2)11-9-19)26-24(27-23)20-6-4-3-5-7-20/h3-11,16,18H,12-15,17H2,1-2H3,(H,25,26,27). The molecule has 3 aromatic rings. The number of nitrogens with zero attached hydrogens (tertiary/aromatic N) is 3. The van der Waals surface area contributed by atoms with E-state index >= 15 is 0 Å². The van der Waals surface area contributed by atoms with Crippen LogP contribution >= 0.6 is 0 Å². The molecule has 1 saturated heterocycles. The third-order valence-corrected chi connectivity index (χ3v) is 5.48. The van der Waals surface area contributed by atoms with Crippen LogP contribution in [0.3, 0.4) is 0 Å². The van der Waals surface area contributed by atoms with E-state index in [4.69, 9.17) is 14.7 Å². The number of methoxy groups -OCH3 is 1. The molecular weight excluding hydrogens is 360 g/mol. The zero-order chi connectivity index (χ0) is 20.1. The molecule has 5 heteroatoms. The number of ether oxygens (including phenoxy) is 1. The smallest absolute Gasteiger partial charge is 0.163 e. The summed E-state index contributed by atoms with van der Waals surface area (Å²) >= 11 is 0. The van der Waals surface area contributed by atoms with Gasteiger partial charge in [-0.15, -0.1) is 0 Å². The number of benzene rings is 2. The van der Waals surface area contributed by atoms with E-state index in [-0.39, 0.29) is 0 Å². The first-order valence-corrected chi connectivity index (χ1v) is 10.3. The van der Waals surface area contributed by atoms with Crippen LogP contribution < -0.4 is 15.0 Å². The predicted molar refractivity (Wildman–Crippen MR) is 118 cm³/mol. The van der Waals surface area contributed by atoms with Crippen molar-refractivity contribution in [2.24, 2.45) is 5.92 Å². The van der Waals surface area contributed by atoms with E-state index in [1.54, 1.807) is 7.11 Å². The maximum atomic E-state index is 5.24. The average Bonchev–Trinajstić information content (AvgIpc) is 2.79.